The van der Waals surface area contributed by atoms with Gasteiger partial charge in [-0.1, -0.05) is 70.1 Å². The van der Waals surface area contributed by atoms with Crippen LogP contribution in [0.4, 0.5) is 0 Å². The van der Waals surface area contributed by atoms with Crippen LogP contribution in [0.1, 0.15) is 61.1 Å². The van der Waals surface area contributed by atoms with Gasteiger partial charge in [-0.2, -0.15) is 8.42 Å². The second-order valence-electron chi connectivity index (χ2n) is 5.13. The Labute approximate surface area is 162 Å². The van der Waals surface area contributed by atoms with E-state index in [0.717, 1.165) is 12.8 Å². The van der Waals surface area contributed by atoms with Gasteiger partial charge in [-0.05, 0) is 18.6 Å². The van der Waals surface area contributed by atoms with Gasteiger partial charge in [0, 0.05) is 0 Å². The fourth-order valence-corrected chi connectivity index (χ4v) is 3.12. The molecule has 3 nitrogen and oxygen atoms in total. The molecule has 0 spiro atoms. The maximum absolute atomic E-state index is 11.8. The summed E-state index contributed by atoms with van der Waals surface area (Å²) in [6.45, 7) is 2.21. The van der Waals surface area contributed by atoms with Gasteiger partial charge < -0.3 is 7.04 Å². The second-order valence-corrected chi connectivity index (χ2v) is 6.82. The van der Waals surface area contributed by atoms with Crippen molar-refractivity contribution in [2.75, 3.05) is 5.75 Å². The van der Waals surface area contributed by atoms with Crippen LogP contribution in [0.3, 0.4) is 0 Å². The van der Waals surface area contributed by atoms with Crippen LogP contribution >= 0.6 is 0 Å². The van der Waals surface area contributed by atoms with Gasteiger partial charge in [0.05, 0.1) is 5.75 Å². The van der Waals surface area contributed by atoms with E-state index in [-0.39, 0.29) is 46.3 Å². The third-order valence-electron chi connectivity index (χ3n) is 3.21. The Morgan fingerprint density at radius 3 is 2.00 bits per heavy atom. The summed E-state index contributed by atoms with van der Waals surface area (Å²) < 4.78 is 28.5. The van der Waals surface area contributed by atoms with Crippen molar-refractivity contribution in [1.82, 2.24) is 0 Å². The van der Waals surface area contributed by atoms with E-state index >= 15 is 0 Å². The van der Waals surface area contributed by atoms with Crippen LogP contribution in [-0.4, -0.2) is 51.9 Å². The molecule has 0 aromatic heterocycles. The van der Waals surface area contributed by atoms with E-state index in [4.69, 9.17) is 4.18 Å². The molecule has 0 unspecified atom stereocenters. The van der Waals surface area contributed by atoms with E-state index in [1.165, 1.54) is 32.1 Å². The monoisotopic (exact) mass is 340 g/mol. The molecule has 0 saturated carbocycles. The molecule has 0 saturated heterocycles. The SMILES string of the molecule is CCCCCCCCCCS(=O)(=O)Oc1ccccc1.[Ca+2].[H-].[H-]. The largest absolute Gasteiger partial charge is 2.00 e. The van der Waals surface area contributed by atoms with E-state index < -0.39 is 10.1 Å². The molecule has 0 aliphatic rings. The van der Waals surface area contributed by atoms with Gasteiger partial charge in [0.2, 0.25) is 0 Å². The minimum absolute atomic E-state index is 0. The molecule has 0 radical (unpaired) electrons. The first kappa shape index (κ1) is 21.2. The Bertz CT molecular complexity index is 456. The Balaban J connectivity index is -0.00000133. The molecule has 1 aromatic rings. The third kappa shape index (κ3) is 11.5. The van der Waals surface area contributed by atoms with Crippen LogP contribution in [0.5, 0.6) is 5.75 Å². The van der Waals surface area contributed by atoms with Crippen LogP contribution in [0.15, 0.2) is 30.3 Å². The van der Waals surface area contributed by atoms with Gasteiger partial charge in [0.1, 0.15) is 5.75 Å². The van der Waals surface area contributed by atoms with Gasteiger partial charge in [-0.25, -0.2) is 0 Å². The number of benzene rings is 1. The maximum atomic E-state index is 11.8. The smallest absolute Gasteiger partial charge is 1.00 e. The van der Waals surface area contributed by atoms with E-state index in [1.54, 1.807) is 24.3 Å². The quantitative estimate of drug-likeness (QED) is 0.341. The molecule has 5 heteroatoms. The predicted molar refractivity (Wildman–Crippen MR) is 91.4 cm³/mol. The number of rotatable bonds is 11. The van der Waals surface area contributed by atoms with Gasteiger partial charge in [-0.15, -0.1) is 0 Å². The van der Waals surface area contributed by atoms with Crippen LogP contribution in [-0.2, 0) is 10.1 Å². The molecule has 0 heterocycles. The first-order valence-electron chi connectivity index (χ1n) is 7.61. The summed E-state index contributed by atoms with van der Waals surface area (Å²) in [6.07, 6.45) is 9.10. The van der Waals surface area contributed by atoms with E-state index in [1.807, 2.05) is 6.07 Å². The van der Waals surface area contributed by atoms with E-state index in [9.17, 15) is 8.42 Å². The number of hydrogen-bond acceptors (Lipinski definition) is 3. The molecular formula is C16H28CaO3S. The van der Waals surface area contributed by atoms with Crippen molar-refractivity contribution in [1.29, 1.82) is 0 Å². The molecule has 0 N–H and O–H groups in total. The predicted octanol–water partition coefficient (Wildman–Crippen LogP) is 4.38. The minimum Gasteiger partial charge on any atom is -1.00 e. The second kappa shape index (κ2) is 12.7. The van der Waals surface area contributed by atoms with E-state index in [0.29, 0.717) is 12.2 Å². The zero-order chi connectivity index (χ0) is 14.7. The third-order valence-corrected chi connectivity index (χ3v) is 4.45. The number of unbranched alkanes of at least 4 members (excludes halogenated alkanes) is 7. The van der Waals surface area contributed by atoms with Crippen molar-refractivity contribution in [3.8, 4) is 5.75 Å². The van der Waals surface area contributed by atoms with Gasteiger partial charge in [-0.3, -0.25) is 0 Å². The molecule has 0 amide bonds. The maximum Gasteiger partial charge on any atom is 2.00 e. The number of para-hydroxylation sites is 1. The molecule has 0 fully saturated rings. The molecule has 0 atom stereocenters. The topological polar surface area (TPSA) is 43.4 Å². The van der Waals surface area contributed by atoms with Crippen LogP contribution in [0.25, 0.3) is 0 Å². The number of hydrogen-bond donors (Lipinski definition) is 0. The van der Waals surface area contributed by atoms with Gasteiger partial charge in [0.25, 0.3) is 0 Å². The van der Waals surface area contributed by atoms with Crippen molar-refractivity contribution < 1.29 is 15.5 Å². The van der Waals surface area contributed by atoms with Gasteiger partial charge >= 0.3 is 47.9 Å². The molecule has 0 aliphatic carbocycles. The van der Waals surface area contributed by atoms with Gasteiger partial charge in [0.15, 0.2) is 0 Å². The summed E-state index contributed by atoms with van der Waals surface area (Å²) in [5.74, 6) is 0.503. The van der Waals surface area contributed by atoms with Crippen molar-refractivity contribution in [2.24, 2.45) is 0 Å². The zero-order valence-electron chi connectivity index (χ0n) is 15.1. The molecule has 118 valence electrons. The molecular weight excluding hydrogens is 312 g/mol. The minimum atomic E-state index is -3.44. The van der Waals surface area contributed by atoms with Crippen LogP contribution in [0, 0.1) is 0 Å². The Morgan fingerprint density at radius 1 is 0.905 bits per heavy atom. The summed E-state index contributed by atoms with van der Waals surface area (Å²) in [5.41, 5.74) is 0. The van der Waals surface area contributed by atoms with Crippen LogP contribution in [0.2, 0.25) is 0 Å². The summed E-state index contributed by atoms with van der Waals surface area (Å²) >= 11 is 0. The fourth-order valence-electron chi connectivity index (χ4n) is 2.08. The van der Waals surface area contributed by atoms with Crippen molar-refractivity contribution in [2.45, 2.75) is 58.3 Å². The first-order chi connectivity index (χ1) is 9.64. The molecule has 0 bridgehead atoms. The fraction of sp³-hybridized carbons (Fsp3) is 0.625. The normalized spacial score (nSPS) is 10.9. The van der Waals surface area contributed by atoms with Crippen molar-refractivity contribution >= 4 is 47.9 Å². The summed E-state index contributed by atoms with van der Waals surface area (Å²) in [7, 11) is -3.44. The van der Waals surface area contributed by atoms with E-state index in [2.05, 4.69) is 6.92 Å². The van der Waals surface area contributed by atoms with Crippen molar-refractivity contribution in [3.63, 3.8) is 0 Å². The standard InChI is InChI=1S/C16H26O3S.Ca.2H/c1-2-3-4-5-6-7-8-12-15-20(17,18)19-16-13-10-9-11-14-16;;;/h9-11,13-14H,2-8,12,15H2,1H3;;;/q;+2;2*-1. The molecule has 1 rings (SSSR count). The molecule has 0 aliphatic heterocycles. The summed E-state index contributed by atoms with van der Waals surface area (Å²) in [5, 5.41) is 0. The first-order valence-corrected chi connectivity index (χ1v) is 9.19. The summed E-state index contributed by atoms with van der Waals surface area (Å²) in [6, 6.07) is 8.68. The Kier molecular flexibility index (Phi) is 12.9. The summed E-state index contributed by atoms with van der Waals surface area (Å²) in [4.78, 5) is 0. The zero-order valence-corrected chi connectivity index (χ0v) is 16.1. The molecule has 21 heavy (non-hydrogen) atoms. The van der Waals surface area contributed by atoms with Crippen molar-refractivity contribution in [3.05, 3.63) is 30.3 Å². The molecule has 1 aromatic carbocycles. The Hall–Kier alpha value is 0.230. The average molecular weight is 341 g/mol. The van der Waals surface area contributed by atoms with Crippen LogP contribution < -0.4 is 4.18 Å². The Morgan fingerprint density at radius 2 is 1.43 bits per heavy atom. The average Bonchev–Trinajstić information content (AvgIpc) is 2.42.